The van der Waals surface area contributed by atoms with E-state index in [1.54, 1.807) is 12.1 Å². The average Bonchev–Trinajstić information content (AvgIpc) is 2.74. The van der Waals surface area contributed by atoms with E-state index >= 15 is 0 Å². The van der Waals surface area contributed by atoms with Crippen LogP contribution in [0.15, 0.2) is 48.5 Å². The van der Waals surface area contributed by atoms with Crippen LogP contribution in [0.2, 0.25) is 5.02 Å². The molecule has 2 N–H and O–H groups in total. The van der Waals surface area contributed by atoms with Crippen molar-refractivity contribution in [3.63, 3.8) is 0 Å². The molecule has 1 saturated carbocycles. The number of fused-ring (bicyclic) bond motifs is 1. The Hall–Kier alpha value is -2.86. The number of carbonyl (C=O) groups excluding carboxylic acids is 1. The molecule has 0 atom stereocenters. The van der Waals surface area contributed by atoms with Crippen LogP contribution in [-0.4, -0.2) is 42.1 Å². The summed E-state index contributed by atoms with van der Waals surface area (Å²) < 4.78 is 0. The van der Waals surface area contributed by atoms with Crippen LogP contribution in [0.3, 0.4) is 0 Å². The lowest BCUT2D eigenvalue weighted by atomic mass is 9.91. The fourth-order valence-electron chi connectivity index (χ4n) is 3.94. The second kappa shape index (κ2) is 8.88. The Kier molecular flexibility index (Phi) is 6.04. The van der Waals surface area contributed by atoms with Crippen molar-refractivity contribution in [1.82, 2.24) is 15.3 Å². The molecule has 4 rings (SSSR count). The molecule has 0 spiro atoms. The maximum atomic E-state index is 12.5. The Labute approximate surface area is 181 Å². The first-order valence-electron chi connectivity index (χ1n) is 10.3. The number of benzene rings is 2. The number of nitrogens with one attached hydrogen (secondary N) is 2. The van der Waals surface area contributed by atoms with Gasteiger partial charge in [0.05, 0.1) is 16.1 Å². The van der Waals surface area contributed by atoms with Gasteiger partial charge in [-0.1, -0.05) is 35.9 Å². The number of anilines is 2. The maximum absolute atomic E-state index is 12.5. The summed E-state index contributed by atoms with van der Waals surface area (Å²) in [4.78, 5) is 23.9. The molecule has 3 aromatic rings. The summed E-state index contributed by atoms with van der Waals surface area (Å²) in [5.41, 5.74) is 1.46. The van der Waals surface area contributed by atoms with Crippen LogP contribution in [0.25, 0.3) is 10.9 Å². The van der Waals surface area contributed by atoms with Gasteiger partial charge in [0.25, 0.3) is 5.91 Å². The van der Waals surface area contributed by atoms with Gasteiger partial charge in [0.2, 0.25) is 5.95 Å². The highest BCUT2D eigenvalue weighted by Gasteiger charge is 2.24. The van der Waals surface area contributed by atoms with Gasteiger partial charge in [-0.15, -0.1) is 0 Å². The van der Waals surface area contributed by atoms with Gasteiger partial charge in [0.15, 0.2) is 0 Å². The fraction of sp³-hybridized carbons (Fsp3) is 0.348. The molecule has 0 aliphatic heterocycles. The van der Waals surface area contributed by atoms with Crippen molar-refractivity contribution in [3.8, 4) is 0 Å². The average molecular weight is 424 g/mol. The van der Waals surface area contributed by atoms with Crippen LogP contribution in [0, 0.1) is 0 Å². The zero-order chi connectivity index (χ0) is 21.1. The van der Waals surface area contributed by atoms with Crippen LogP contribution in [0.5, 0.6) is 0 Å². The monoisotopic (exact) mass is 423 g/mol. The fourth-order valence-corrected chi connectivity index (χ4v) is 4.16. The number of rotatable bonds is 5. The molecule has 1 aliphatic carbocycles. The summed E-state index contributed by atoms with van der Waals surface area (Å²) in [5.74, 6) is 1.45. The van der Waals surface area contributed by atoms with Gasteiger partial charge in [-0.2, -0.15) is 4.98 Å². The SMILES string of the molecule is CN(C)c1nc(N[C@H]2CC[C@@H](NC(=O)c3ccccc3Cl)CC2)nc2ccccc12. The Morgan fingerprint density at radius 1 is 0.967 bits per heavy atom. The molecule has 1 aliphatic rings. The summed E-state index contributed by atoms with van der Waals surface area (Å²) >= 11 is 6.14. The van der Waals surface area contributed by atoms with Crippen LogP contribution < -0.4 is 15.5 Å². The van der Waals surface area contributed by atoms with Crippen molar-refractivity contribution in [2.24, 2.45) is 0 Å². The predicted octanol–water partition coefficient (Wildman–Crippen LogP) is 4.50. The van der Waals surface area contributed by atoms with Gasteiger partial charge < -0.3 is 15.5 Å². The Morgan fingerprint density at radius 2 is 1.63 bits per heavy atom. The summed E-state index contributed by atoms with van der Waals surface area (Å²) in [6.45, 7) is 0. The molecule has 0 unspecified atom stereocenters. The summed E-state index contributed by atoms with van der Waals surface area (Å²) in [6, 6.07) is 15.6. The van der Waals surface area contributed by atoms with Crippen molar-refractivity contribution < 1.29 is 4.79 Å². The topological polar surface area (TPSA) is 70.2 Å². The first-order chi connectivity index (χ1) is 14.5. The third-order valence-electron chi connectivity index (χ3n) is 5.52. The predicted molar refractivity (Wildman–Crippen MR) is 122 cm³/mol. The smallest absolute Gasteiger partial charge is 0.253 e. The quantitative estimate of drug-likeness (QED) is 0.632. The molecule has 6 nitrogen and oxygen atoms in total. The lowest BCUT2D eigenvalue weighted by Crippen LogP contribution is -2.40. The zero-order valence-electron chi connectivity index (χ0n) is 17.2. The molecule has 1 amide bonds. The van der Waals surface area contributed by atoms with E-state index in [1.165, 1.54) is 0 Å². The maximum Gasteiger partial charge on any atom is 0.253 e. The first-order valence-corrected chi connectivity index (χ1v) is 10.6. The molecule has 7 heteroatoms. The second-order valence-electron chi connectivity index (χ2n) is 7.93. The highest BCUT2D eigenvalue weighted by atomic mass is 35.5. The molecule has 1 aromatic heterocycles. The van der Waals surface area contributed by atoms with E-state index in [0.717, 1.165) is 42.4 Å². The van der Waals surface area contributed by atoms with E-state index in [1.807, 2.05) is 55.4 Å². The second-order valence-corrected chi connectivity index (χ2v) is 8.34. The van der Waals surface area contributed by atoms with Gasteiger partial charge in [0.1, 0.15) is 5.82 Å². The van der Waals surface area contributed by atoms with Crippen LogP contribution >= 0.6 is 11.6 Å². The summed E-state index contributed by atoms with van der Waals surface area (Å²) in [6.07, 6.45) is 3.70. The lowest BCUT2D eigenvalue weighted by molar-refractivity contribution is 0.0926. The van der Waals surface area contributed by atoms with E-state index in [4.69, 9.17) is 21.6 Å². The normalized spacial score (nSPS) is 18.8. The number of para-hydroxylation sites is 1. The van der Waals surface area contributed by atoms with E-state index in [0.29, 0.717) is 16.5 Å². The minimum atomic E-state index is -0.106. The highest BCUT2D eigenvalue weighted by molar-refractivity contribution is 6.33. The molecule has 0 radical (unpaired) electrons. The van der Waals surface area contributed by atoms with Gasteiger partial charge in [-0.25, -0.2) is 4.98 Å². The molecule has 0 bridgehead atoms. The molecule has 30 heavy (non-hydrogen) atoms. The molecule has 0 saturated heterocycles. The third kappa shape index (κ3) is 4.49. The minimum absolute atomic E-state index is 0.106. The Morgan fingerprint density at radius 3 is 2.37 bits per heavy atom. The van der Waals surface area contributed by atoms with Gasteiger partial charge in [-0.3, -0.25) is 4.79 Å². The zero-order valence-corrected chi connectivity index (χ0v) is 18.0. The number of aromatic nitrogens is 2. The van der Waals surface area contributed by atoms with Gasteiger partial charge in [0, 0.05) is 31.6 Å². The van der Waals surface area contributed by atoms with Crippen molar-refractivity contribution >= 4 is 40.2 Å². The van der Waals surface area contributed by atoms with Gasteiger partial charge in [-0.05, 0) is 49.9 Å². The standard InChI is InChI=1S/C23H26ClN5O/c1-29(2)21-18-8-4-6-10-20(18)27-23(28-21)26-16-13-11-15(12-14-16)25-22(30)17-7-3-5-9-19(17)24/h3-10,15-16H,11-14H2,1-2H3,(H,25,30)(H,26,27,28)/t15-,16+. The van der Waals surface area contributed by atoms with E-state index in [2.05, 4.69) is 10.6 Å². The number of halogens is 1. The highest BCUT2D eigenvalue weighted by Crippen LogP contribution is 2.26. The Balaban J connectivity index is 1.38. The molecule has 1 heterocycles. The number of nitrogens with zero attached hydrogens (tertiary/aromatic N) is 3. The van der Waals surface area contributed by atoms with E-state index in [-0.39, 0.29) is 18.0 Å². The number of amides is 1. The van der Waals surface area contributed by atoms with Crippen molar-refractivity contribution in [2.45, 2.75) is 37.8 Å². The van der Waals surface area contributed by atoms with E-state index < -0.39 is 0 Å². The minimum Gasteiger partial charge on any atom is -0.362 e. The first kappa shape index (κ1) is 20.4. The summed E-state index contributed by atoms with van der Waals surface area (Å²) in [7, 11) is 3.98. The number of hydrogen-bond acceptors (Lipinski definition) is 5. The number of carbonyl (C=O) groups is 1. The van der Waals surface area contributed by atoms with Crippen molar-refractivity contribution in [3.05, 3.63) is 59.1 Å². The van der Waals surface area contributed by atoms with Crippen LogP contribution in [0.1, 0.15) is 36.0 Å². The van der Waals surface area contributed by atoms with Crippen molar-refractivity contribution in [1.29, 1.82) is 0 Å². The molecular weight excluding hydrogens is 398 g/mol. The third-order valence-corrected chi connectivity index (χ3v) is 5.85. The Bertz CT molecular complexity index is 1050. The summed E-state index contributed by atoms with van der Waals surface area (Å²) in [5, 5.41) is 8.14. The molecule has 2 aromatic carbocycles. The van der Waals surface area contributed by atoms with Crippen LogP contribution in [-0.2, 0) is 0 Å². The molecule has 156 valence electrons. The van der Waals surface area contributed by atoms with E-state index in [9.17, 15) is 4.79 Å². The lowest BCUT2D eigenvalue weighted by Gasteiger charge is -2.30. The molecule has 1 fully saturated rings. The molecular formula is C23H26ClN5O. The van der Waals surface area contributed by atoms with Crippen molar-refractivity contribution in [2.75, 3.05) is 24.3 Å². The largest absolute Gasteiger partial charge is 0.362 e. The van der Waals surface area contributed by atoms with Crippen LogP contribution in [0.4, 0.5) is 11.8 Å². The van der Waals surface area contributed by atoms with Gasteiger partial charge >= 0.3 is 0 Å². The number of hydrogen-bond donors (Lipinski definition) is 2.